The average Bonchev–Trinajstić information content (AvgIpc) is 3.54. The summed E-state index contributed by atoms with van der Waals surface area (Å²) in [6.07, 6.45) is 5.58. The van der Waals surface area contributed by atoms with Crippen LogP contribution < -0.4 is 4.90 Å². The Balaban J connectivity index is 0.000000325. The van der Waals surface area contributed by atoms with Gasteiger partial charge in [0.05, 0.1) is 24.4 Å². The van der Waals surface area contributed by atoms with E-state index >= 15 is 0 Å². The number of carbonyl (C=O) groups is 1. The highest BCUT2D eigenvalue weighted by molar-refractivity contribution is 5.73. The van der Waals surface area contributed by atoms with Crippen molar-refractivity contribution in [2.75, 3.05) is 31.1 Å². The van der Waals surface area contributed by atoms with Gasteiger partial charge in [-0.2, -0.15) is 18.3 Å². The van der Waals surface area contributed by atoms with Crippen molar-refractivity contribution in [3.8, 4) is 0 Å². The number of carboxylic acid groups (broad SMARTS) is 1. The Labute approximate surface area is 188 Å². The molecule has 11 heteroatoms. The minimum Gasteiger partial charge on any atom is -0.475 e. The van der Waals surface area contributed by atoms with E-state index in [9.17, 15) is 13.2 Å². The highest BCUT2D eigenvalue weighted by Gasteiger charge is 2.38. The number of aromatic nitrogens is 3. The Bertz CT molecular complexity index is 1060. The lowest BCUT2D eigenvalue weighted by atomic mass is 9.97. The molecular weight excluding hydrogens is 439 g/mol. The van der Waals surface area contributed by atoms with Crippen LogP contribution in [0.5, 0.6) is 0 Å². The summed E-state index contributed by atoms with van der Waals surface area (Å²) in [5, 5.41) is 12.0. The van der Waals surface area contributed by atoms with Crippen LogP contribution in [0.25, 0.3) is 5.65 Å². The molecule has 2 aliphatic heterocycles. The SMILES string of the molecule is O=C(O)C(F)(F)F.c1cc(CN2CCCC(c3nc4ccc(N5CCCC5)cn4n3)C2)co1. The minimum atomic E-state index is -5.08. The molecule has 0 aromatic carbocycles. The molecule has 1 N–H and O–H groups in total. The molecule has 178 valence electrons. The molecule has 2 saturated heterocycles. The first-order chi connectivity index (χ1) is 15.8. The second kappa shape index (κ2) is 9.82. The number of piperidine rings is 1. The number of likely N-dealkylation sites (tertiary alicyclic amines) is 1. The summed E-state index contributed by atoms with van der Waals surface area (Å²) >= 11 is 0. The topological polar surface area (TPSA) is 87.1 Å². The Hall–Kier alpha value is -3.08. The molecule has 0 amide bonds. The van der Waals surface area contributed by atoms with Crippen molar-refractivity contribution in [2.45, 2.75) is 44.3 Å². The van der Waals surface area contributed by atoms with Crippen molar-refractivity contribution in [2.24, 2.45) is 0 Å². The highest BCUT2D eigenvalue weighted by Crippen LogP contribution is 2.27. The quantitative estimate of drug-likeness (QED) is 0.625. The molecule has 0 bridgehead atoms. The van der Waals surface area contributed by atoms with E-state index in [0.29, 0.717) is 5.92 Å². The molecule has 1 unspecified atom stereocenters. The van der Waals surface area contributed by atoms with Gasteiger partial charge >= 0.3 is 12.1 Å². The third-order valence-electron chi connectivity index (χ3n) is 5.90. The van der Waals surface area contributed by atoms with Crippen molar-refractivity contribution >= 4 is 17.3 Å². The highest BCUT2D eigenvalue weighted by atomic mass is 19.4. The van der Waals surface area contributed by atoms with Gasteiger partial charge in [-0.25, -0.2) is 14.3 Å². The van der Waals surface area contributed by atoms with E-state index < -0.39 is 12.1 Å². The number of carboxylic acids is 1. The molecular formula is C22H26F3N5O3. The van der Waals surface area contributed by atoms with Gasteiger partial charge in [0.15, 0.2) is 11.5 Å². The molecule has 2 fully saturated rings. The van der Waals surface area contributed by atoms with Gasteiger partial charge in [0.1, 0.15) is 0 Å². The van der Waals surface area contributed by atoms with E-state index in [1.807, 2.05) is 16.8 Å². The number of alkyl halides is 3. The number of aliphatic carboxylic acids is 1. The average molecular weight is 465 g/mol. The van der Waals surface area contributed by atoms with E-state index in [-0.39, 0.29) is 0 Å². The van der Waals surface area contributed by atoms with Crippen LogP contribution in [0.2, 0.25) is 0 Å². The fourth-order valence-electron chi connectivity index (χ4n) is 4.28. The number of hydrogen-bond acceptors (Lipinski definition) is 6. The molecule has 3 aromatic heterocycles. The molecule has 2 aliphatic rings. The van der Waals surface area contributed by atoms with Crippen molar-refractivity contribution in [1.29, 1.82) is 0 Å². The lowest BCUT2D eigenvalue weighted by molar-refractivity contribution is -0.192. The summed E-state index contributed by atoms with van der Waals surface area (Å²) in [4.78, 5) is 18.6. The lowest BCUT2D eigenvalue weighted by Gasteiger charge is -2.30. The van der Waals surface area contributed by atoms with Gasteiger partial charge in [-0.3, -0.25) is 4.90 Å². The molecule has 0 radical (unpaired) electrons. The van der Waals surface area contributed by atoms with Crippen molar-refractivity contribution < 1.29 is 27.5 Å². The van der Waals surface area contributed by atoms with Crippen LogP contribution in [-0.4, -0.2) is 62.9 Å². The number of nitrogens with zero attached hydrogens (tertiary/aromatic N) is 5. The molecule has 3 aromatic rings. The maximum atomic E-state index is 10.6. The number of rotatable bonds is 4. The first-order valence-corrected chi connectivity index (χ1v) is 10.9. The van der Waals surface area contributed by atoms with Crippen LogP contribution >= 0.6 is 0 Å². The predicted octanol–water partition coefficient (Wildman–Crippen LogP) is 3.94. The number of hydrogen-bond donors (Lipinski definition) is 1. The number of anilines is 1. The van der Waals surface area contributed by atoms with Crippen molar-refractivity contribution in [3.63, 3.8) is 0 Å². The molecule has 0 aliphatic carbocycles. The van der Waals surface area contributed by atoms with Crippen LogP contribution in [0, 0.1) is 0 Å². The molecule has 0 saturated carbocycles. The predicted molar refractivity (Wildman–Crippen MR) is 114 cm³/mol. The van der Waals surface area contributed by atoms with E-state index in [4.69, 9.17) is 24.4 Å². The second-order valence-electron chi connectivity index (χ2n) is 8.36. The third kappa shape index (κ3) is 5.84. The van der Waals surface area contributed by atoms with Gasteiger partial charge in [0.2, 0.25) is 0 Å². The van der Waals surface area contributed by atoms with Gasteiger partial charge < -0.3 is 14.4 Å². The van der Waals surface area contributed by atoms with E-state index in [1.165, 1.54) is 30.5 Å². The molecule has 1 atom stereocenters. The Morgan fingerprint density at radius 2 is 1.91 bits per heavy atom. The van der Waals surface area contributed by atoms with Gasteiger partial charge in [-0.05, 0) is 50.4 Å². The van der Waals surface area contributed by atoms with Crippen molar-refractivity contribution in [3.05, 3.63) is 48.3 Å². The molecule has 0 spiro atoms. The Kier molecular flexibility index (Phi) is 6.87. The van der Waals surface area contributed by atoms with Gasteiger partial charge in [-0.15, -0.1) is 0 Å². The first kappa shape index (κ1) is 23.1. The number of furan rings is 1. The minimum absolute atomic E-state index is 0.408. The second-order valence-corrected chi connectivity index (χ2v) is 8.36. The third-order valence-corrected chi connectivity index (χ3v) is 5.90. The summed E-state index contributed by atoms with van der Waals surface area (Å²) in [5.41, 5.74) is 3.45. The molecule has 5 rings (SSSR count). The van der Waals surface area contributed by atoms with Gasteiger partial charge in [0, 0.05) is 37.7 Å². The van der Waals surface area contributed by atoms with Crippen LogP contribution in [0.1, 0.15) is 43.0 Å². The molecule has 33 heavy (non-hydrogen) atoms. The maximum absolute atomic E-state index is 10.6. The Morgan fingerprint density at radius 1 is 1.15 bits per heavy atom. The number of pyridine rings is 1. The van der Waals surface area contributed by atoms with Crippen LogP contribution in [0.4, 0.5) is 18.9 Å². The smallest absolute Gasteiger partial charge is 0.475 e. The summed E-state index contributed by atoms with van der Waals surface area (Å²) in [6.45, 7) is 5.39. The summed E-state index contributed by atoms with van der Waals surface area (Å²) in [7, 11) is 0. The fraction of sp³-hybridized carbons (Fsp3) is 0.500. The van der Waals surface area contributed by atoms with Crippen LogP contribution in [0.3, 0.4) is 0 Å². The van der Waals surface area contributed by atoms with Crippen LogP contribution in [0.15, 0.2) is 41.3 Å². The number of fused-ring (bicyclic) bond motifs is 1. The maximum Gasteiger partial charge on any atom is 0.490 e. The number of halogens is 3. The zero-order valence-corrected chi connectivity index (χ0v) is 18.0. The standard InChI is InChI=1S/C20H25N5O.C2HF3O2/c1-2-10-24(9-1)18-5-6-19-21-20(22-25(19)14-18)17-4-3-8-23(13-17)12-16-7-11-26-15-16;3-2(4,5)1(6)7/h5-7,11,14-15,17H,1-4,8-10,12-13H2;(H,6,7). The Morgan fingerprint density at radius 3 is 2.58 bits per heavy atom. The van der Waals surface area contributed by atoms with E-state index in [1.54, 1.807) is 6.26 Å². The molecule has 5 heterocycles. The van der Waals surface area contributed by atoms with Crippen molar-refractivity contribution in [1.82, 2.24) is 19.5 Å². The van der Waals surface area contributed by atoms with Gasteiger partial charge in [-0.1, -0.05) is 0 Å². The largest absolute Gasteiger partial charge is 0.490 e. The molecule has 8 nitrogen and oxygen atoms in total. The van der Waals surface area contributed by atoms with E-state index in [0.717, 1.165) is 50.6 Å². The summed E-state index contributed by atoms with van der Waals surface area (Å²) in [6, 6.07) is 6.34. The zero-order valence-electron chi connectivity index (χ0n) is 18.0. The monoisotopic (exact) mass is 465 g/mol. The fourth-order valence-corrected chi connectivity index (χ4v) is 4.28. The summed E-state index contributed by atoms with van der Waals surface area (Å²) in [5.74, 6) is -1.36. The lowest BCUT2D eigenvalue weighted by Crippen LogP contribution is -2.34. The van der Waals surface area contributed by atoms with Crippen LogP contribution in [-0.2, 0) is 11.3 Å². The van der Waals surface area contributed by atoms with E-state index in [2.05, 4.69) is 28.1 Å². The zero-order chi connectivity index (χ0) is 23.4. The van der Waals surface area contributed by atoms with Gasteiger partial charge in [0.25, 0.3) is 0 Å². The normalized spacial score (nSPS) is 19.5. The first-order valence-electron chi connectivity index (χ1n) is 10.9. The summed E-state index contributed by atoms with van der Waals surface area (Å²) < 4.78 is 38.9.